The van der Waals surface area contributed by atoms with Crippen molar-refractivity contribution in [1.82, 2.24) is 15.0 Å². The number of cyclic esters (lactones) is 2. The van der Waals surface area contributed by atoms with Gasteiger partial charge in [0.15, 0.2) is 0 Å². The van der Waals surface area contributed by atoms with Gasteiger partial charge in [-0.25, -0.2) is 25.4 Å². The molecule has 2 aromatic heterocycles. The number of nitrogens with zero attached hydrogens (tertiary/aromatic N) is 3. The molecule has 4 heterocycles. The van der Waals surface area contributed by atoms with E-state index in [0.717, 1.165) is 24.3 Å². The third kappa shape index (κ3) is 72.0. The Morgan fingerprint density at radius 3 is 0.616 bits per heavy atom. The second-order valence-corrected chi connectivity index (χ2v) is 132. The number of esters is 2. The quantitative estimate of drug-likeness (QED) is 0.0999. The van der Waals surface area contributed by atoms with E-state index < -0.39 is 47.2 Å². The van der Waals surface area contributed by atoms with Crippen LogP contribution < -0.4 is 16.7 Å². The van der Waals surface area contributed by atoms with Gasteiger partial charge in [0.1, 0.15) is 11.6 Å². The highest BCUT2D eigenvalue weighted by atomic mass is 33.5. The molecule has 2 aromatic rings. The number of imide groups is 1. The molecule has 0 atom stereocenters. The summed E-state index contributed by atoms with van der Waals surface area (Å²) in [4.78, 5) is 52.2. The van der Waals surface area contributed by atoms with Gasteiger partial charge in [0.2, 0.25) is 0 Å². The zero-order chi connectivity index (χ0) is 82.4. The molecular formula is C26H26F6N6O5S69. The van der Waals surface area contributed by atoms with Gasteiger partial charge >= 0.3 is 24.3 Å². The molecule has 0 saturated heterocycles. The molecule has 0 unspecified atom stereocenters. The number of hydrazine groups is 2. The number of hydrogen-bond acceptors (Lipinski definition) is 12. The second-order valence-electron chi connectivity index (χ2n) is 13.7. The van der Waals surface area contributed by atoms with Crippen LogP contribution in [0.15, 0.2) is 46.6 Å². The van der Waals surface area contributed by atoms with E-state index in [4.69, 9.17) is 28.2 Å². The van der Waals surface area contributed by atoms with Gasteiger partial charge in [-0.15, -0.1) is 0 Å². The van der Waals surface area contributed by atoms with E-state index in [-0.39, 0.29) is 34.2 Å². The summed E-state index contributed by atoms with van der Waals surface area (Å²) in [6.45, 7) is 8.95. The molecular weight excluding hydrogens is 2800 g/mol. The lowest BCUT2D eigenvalue weighted by Crippen LogP contribution is -2.37. The molecule has 2 amide bonds. The number of amides is 2. The molecule has 112 heavy (non-hydrogen) atoms. The lowest BCUT2D eigenvalue weighted by atomic mass is 10.2. The Labute approximate surface area is 837 Å². The summed E-state index contributed by atoms with van der Waals surface area (Å²) in [5.74, 6) is 2.50. The summed E-state index contributed by atoms with van der Waals surface area (Å²) in [6.07, 6.45) is -8.90. The number of pyridine rings is 2. The topological polar surface area (TPSA) is 157 Å². The van der Waals surface area contributed by atoms with Crippen molar-refractivity contribution in [2.75, 3.05) is 10.9 Å². The second kappa shape index (κ2) is 85.6. The fraction of sp³-hybridized carbons (Fsp3) is 0.308. The van der Waals surface area contributed by atoms with Crippen molar-refractivity contribution in [1.29, 1.82) is 0 Å². The smallest absolute Gasteiger partial charge is 0.386 e. The molecule has 86 heteroatoms. The number of nitrogen functional groups attached to an aromatic ring is 1. The first-order valence-electron chi connectivity index (χ1n) is 23.4. The number of carbonyl (C=O) groups excluding carboxylic acids is 4. The number of ether oxygens (including phenoxy) is 1. The molecule has 11 nitrogen and oxygen atoms in total. The number of aromatic nitrogens is 2. The molecule has 0 spiro atoms. The van der Waals surface area contributed by atoms with Crippen LogP contribution in [0, 0.1) is 13.8 Å². The molecule has 4 N–H and O–H groups in total. The van der Waals surface area contributed by atoms with Crippen LogP contribution in [0.3, 0.4) is 0 Å². The summed E-state index contributed by atoms with van der Waals surface area (Å²) in [7, 11) is 121. The predicted molar refractivity (Wildman–Crippen MR) is 647 cm³/mol. The molecule has 0 fully saturated rings. The van der Waals surface area contributed by atoms with Gasteiger partial charge in [0.05, 0.1) is 11.1 Å². The van der Waals surface area contributed by atoms with Crippen molar-refractivity contribution in [2.24, 2.45) is 5.84 Å². The lowest BCUT2D eigenvalue weighted by molar-refractivity contribution is -0.151. The van der Waals surface area contributed by atoms with Crippen molar-refractivity contribution in [3.05, 3.63) is 69.1 Å². The van der Waals surface area contributed by atoms with Crippen LogP contribution in [0.2, 0.25) is 0 Å². The van der Waals surface area contributed by atoms with Crippen LogP contribution in [0.1, 0.15) is 50.2 Å². The molecule has 2 aliphatic rings. The minimum absolute atomic E-state index is 0.00678. The van der Waals surface area contributed by atoms with Gasteiger partial charge in [-0.05, 0) is 65.8 Å². The average molecular weight is 2830 g/mol. The van der Waals surface area contributed by atoms with Crippen LogP contribution in [0.5, 0.6) is 0 Å². The molecule has 0 radical (unpaired) electrons. The number of nitrogens with one attached hydrogen (secondary N) is 2. The van der Waals surface area contributed by atoms with E-state index in [2.05, 4.69) is 25.6 Å². The Bertz CT molecular complexity index is 7100. The van der Waals surface area contributed by atoms with E-state index in [1.54, 1.807) is 120 Å². The third-order valence-electron chi connectivity index (χ3n) is 7.74. The van der Waals surface area contributed by atoms with Gasteiger partial charge in [-0.2, -0.15) is 31.4 Å². The van der Waals surface area contributed by atoms with Crippen molar-refractivity contribution >= 4 is 653 Å². The summed E-state index contributed by atoms with van der Waals surface area (Å²) in [5, 5.41) is 0.659. The Morgan fingerprint density at radius 2 is 0.464 bits per heavy atom. The molecule has 646 valence electrons. The third-order valence-corrected chi connectivity index (χ3v) is 154. The van der Waals surface area contributed by atoms with Gasteiger partial charge in [-0.3, -0.25) is 15.0 Å². The van der Waals surface area contributed by atoms with E-state index in [9.17, 15) is 45.5 Å². The number of aryl methyl sites for hydroxylation is 2. The maximum Gasteiger partial charge on any atom is 0.416 e. The van der Waals surface area contributed by atoms with E-state index in [1.807, 2.05) is 471 Å². The number of alkyl halides is 6. The van der Waals surface area contributed by atoms with Crippen molar-refractivity contribution in [3.63, 3.8) is 0 Å². The van der Waals surface area contributed by atoms with Crippen molar-refractivity contribution in [2.45, 2.75) is 53.9 Å². The highest BCUT2D eigenvalue weighted by molar-refractivity contribution is 8.84. The maximum atomic E-state index is 12.7. The first-order chi connectivity index (χ1) is 54.1. The number of anilines is 2. The first-order valence-corrected chi connectivity index (χ1v) is 114. The van der Waals surface area contributed by atoms with Crippen LogP contribution in [0.25, 0.3) is 0 Å². The Hall–Kier alpha value is 10.4. The fourth-order valence-corrected chi connectivity index (χ4v) is 182. The van der Waals surface area contributed by atoms with Crippen molar-refractivity contribution in [3.8, 4) is 0 Å². The number of carbonyl (C=O) groups is 4. The summed E-state index contributed by atoms with van der Waals surface area (Å²) >= 11 is 9.64. The number of hydrogen-bond donors (Lipinski definition) is 3. The van der Waals surface area contributed by atoms with Crippen LogP contribution in [0.4, 0.5) is 38.0 Å². The van der Waals surface area contributed by atoms with Crippen LogP contribution in [-0.4, -0.2) is 38.7 Å². The SMILES string of the molecule is CC1=C(C)C(=O)N(Nc2cc(C(F)(F)F)cc(C)n2)C1=O.CC1=C(C)C(=O)OC1=O.Cc1cc(C(F)(F)F)cc(NN)n1.S=S=S=S=S=S=S=S=S=S=S=S=S=S=S=S=S=S=S=S=S=S=S=S=S=S=S=S=S=S=S=S=S=S=S=S=S=S=S=S=S=S=S=S=S=S=S=S=S=S=S=S=S=S=S=S=S=S=S=S=S=S=S=S=S=S=S=S=S. The molecule has 0 bridgehead atoms. The fourth-order valence-electron chi connectivity index (χ4n) is 4.04. The largest absolute Gasteiger partial charge is 0.416 e. The van der Waals surface area contributed by atoms with E-state index in [1.165, 1.54) is 45.5 Å². The minimum Gasteiger partial charge on any atom is -0.386 e. The minimum atomic E-state index is -4.53. The average Bonchev–Trinajstić information content (AvgIpc) is 1.60. The molecule has 0 saturated carbocycles. The zero-order valence-corrected chi connectivity index (χ0v) is 108. The van der Waals surface area contributed by atoms with Gasteiger partial charge in [0.25, 0.3) is 11.8 Å². The first kappa shape index (κ1) is 120. The van der Waals surface area contributed by atoms with Gasteiger partial charge in [0, 0.05) is 651 Å². The summed E-state index contributed by atoms with van der Waals surface area (Å²) < 4.78 is 79.0. The van der Waals surface area contributed by atoms with Gasteiger partial charge in [-0.1, -0.05) is 0 Å². The molecule has 2 aliphatic heterocycles. The highest BCUT2D eigenvalue weighted by Crippen LogP contribution is 2.32. The molecule has 4 rings (SSSR count). The Balaban J connectivity index is 0.00000114. The molecule has 0 aromatic carbocycles. The summed E-state index contributed by atoms with van der Waals surface area (Å²) in [5.41, 5.74) is 4.46. The Kier molecular flexibility index (Phi) is 92.0. The number of halogens is 6. The van der Waals surface area contributed by atoms with Gasteiger partial charge < -0.3 is 10.2 Å². The number of rotatable bonds is 3. The normalized spacial score (nSPS) is 10.7. The van der Waals surface area contributed by atoms with E-state index >= 15 is 0 Å². The Morgan fingerprint density at radius 1 is 0.295 bits per heavy atom. The predicted octanol–water partition coefficient (Wildman–Crippen LogP) is 4.38. The maximum absolute atomic E-state index is 12.7. The standard InChI is InChI=1S/C13H12F3N3O2.C7H8F3N3.C6H6O3.S69/c1-6-4-9(13(14,15)16)5-10(17-6)18-19-11(20)7(2)8(3)12(19)21;1-4-2-5(7(8,9)10)3-6(12-4)13-11;1-3-4(2)6(8)9-5(3)7;1-3-5-7-9-11-13-15-17-19-21-23-25-27-29-31-33-35-37-39-41-43-45-47-49-51-53-55-57-59-61-63-65-67-69-68-66-64-62-60-58-56-54-52-50-48-46-44-42-40-38-36-34-32-30-28-26-24-22-20-18-16-14-12-10-8-6-4-2/h4-5H,1-3H3,(H,17,18);2-3H,11H2,1H3,(H,12,13);1-2H3;. The van der Waals surface area contributed by atoms with Crippen molar-refractivity contribution < 1.29 is 50.3 Å². The monoisotopic (exact) mass is 2820 g/mol. The lowest BCUT2D eigenvalue weighted by Gasteiger charge is -2.18. The summed E-state index contributed by atoms with van der Waals surface area (Å²) in [6, 6.07) is 3.44. The molecule has 0 aliphatic carbocycles. The van der Waals surface area contributed by atoms with Crippen LogP contribution in [-0.2, 0) is 654 Å². The zero-order valence-electron chi connectivity index (χ0n) is 51.7. The van der Waals surface area contributed by atoms with E-state index in [0.29, 0.717) is 16.2 Å². The van der Waals surface area contributed by atoms with Crippen LogP contribution >= 0.6 is 0 Å². The highest BCUT2D eigenvalue weighted by Gasteiger charge is 2.36. The number of nitrogens with two attached hydrogens (primary N) is 1.